The Balaban J connectivity index is 3.02. The molecule has 1 rings (SSSR count). The number of nitrogens with two attached hydrogens (primary N) is 1. The van der Waals surface area contributed by atoms with Crippen LogP contribution >= 0.6 is 0 Å². The van der Waals surface area contributed by atoms with Crippen LogP contribution in [0.25, 0.3) is 0 Å². The minimum atomic E-state index is -3.84. The summed E-state index contributed by atoms with van der Waals surface area (Å²) in [6.07, 6.45) is 1.35. The van der Waals surface area contributed by atoms with Gasteiger partial charge < -0.3 is 14.6 Å². The summed E-state index contributed by atoms with van der Waals surface area (Å²) < 4.78 is 29.2. The maximum atomic E-state index is 12.1. The monoisotopic (exact) mass is 303 g/mol. The standard InChI is InChI=1S/C12H21N3O4S/c1-9(2)7-14-12(16)11-6-10(20(13,17)18)8-15(11)4-5-19-3/h6,8-9H,4-5,7H2,1-3H3,(H,14,16)(H2,13,17,18). The molecule has 0 fully saturated rings. The van der Waals surface area contributed by atoms with Crippen LogP contribution in [0.1, 0.15) is 24.3 Å². The summed E-state index contributed by atoms with van der Waals surface area (Å²) in [6.45, 7) is 5.19. The molecule has 0 unspecified atom stereocenters. The lowest BCUT2D eigenvalue weighted by molar-refractivity contribution is 0.0937. The van der Waals surface area contributed by atoms with Gasteiger partial charge in [0.15, 0.2) is 0 Å². The third-order valence-electron chi connectivity index (χ3n) is 2.64. The highest BCUT2D eigenvalue weighted by Gasteiger charge is 2.18. The van der Waals surface area contributed by atoms with Crippen molar-refractivity contribution in [3.05, 3.63) is 18.0 Å². The van der Waals surface area contributed by atoms with Crippen LogP contribution in [-0.2, 0) is 21.3 Å². The number of aromatic nitrogens is 1. The fourth-order valence-corrected chi connectivity index (χ4v) is 2.14. The Kier molecular flexibility index (Phi) is 5.73. The summed E-state index contributed by atoms with van der Waals surface area (Å²) in [6, 6.07) is 1.28. The largest absolute Gasteiger partial charge is 0.383 e. The van der Waals surface area contributed by atoms with Crippen molar-refractivity contribution in [3.63, 3.8) is 0 Å². The molecule has 0 atom stereocenters. The molecule has 7 nitrogen and oxygen atoms in total. The van der Waals surface area contributed by atoms with E-state index in [1.54, 1.807) is 0 Å². The molecule has 0 saturated heterocycles. The second-order valence-electron chi connectivity index (χ2n) is 4.90. The van der Waals surface area contributed by atoms with Crippen LogP contribution in [0.4, 0.5) is 0 Å². The fraction of sp³-hybridized carbons (Fsp3) is 0.583. The highest BCUT2D eigenvalue weighted by atomic mass is 32.2. The van der Waals surface area contributed by atoms with E-state index in [9.17, 15) is 13.2 Å². The quantitative estimate of drug-likeness (QED) is 0.749. The molecule has 0 spiro atoms. The normalized spacial score (nSPS) is 11.8. The average molecular weight is 303 g/mol. The third kappa shape index (κ3) is 4.62. The molecule has 0 aromatic carbocycles. The minimum Gasteiger partial charge on any atom is -0.383 e. The van der Waals surface area contributed by atoms with Gasteiger partial charge in [-0.1, -0.05) is 13.8 Å². The van der Waals surface area contributed by atoms with Crippen LogP contribution in [0.5, 0.6) is 0 Å². The van der Waals surface area contributed by atoms with E-state index in [1.807, 2.05) is 13.8 Å². The van der Waals surface area contributed by atoms with Gasteiger partial charge >= 0.3 is 0 Å². The number of carbonyl (C=O) groups is 1. The minimum absolute atomic E-state index is 0.0803. The smallest absolute Gasteiger partial charge is 0.267 e. The van der Waals surface area contributed by atoms with Gasteiger partial charge in [-0.15, -0.1) is 0 Å². The molecule has 0 bridgehead atoms. The SMILES string of the molecule is COCCn1cc(S(N)(=O)=O)cc1C(=O)NCC(C)C. The Morgan fingerprint density at radius 1 is 1.50 bits per heavy atom. The number of sulfonamides is 1. The molecule has 0 saturated carbocycles. The first-order chi connectivity index (χ1) is 9.25. The van der Waals surface area contributed by atoms with Crippen LogP contribution < -0.4 is 10.5 Å². The van der Waals surface area contributed by atoms with E-state index >= 15 is 0 Å². The molecule has 8 heteroatoms. The maximum Gasteiger partial charge on any atom is 0.267 e. The Morgan fingerprint density at radius 3 is 2.65 bits per heavy atom. The lowest BCUT2D eigenvalue weighted by atomic mass is 10.2. The molecular formula is C12H21N3O4S. The number of carbonyl (C=O) groups excluding carboxylic acids is 1. The Bertz CT molecular complexity index is 563. The average Bonchev–Trinajstić information content (AvgIpc) is 2.77. The van der Waals surface area contributed by atoms with Gasteiger partial charge in [-0.05, 0) is 12.0 Å². The van der Waals surface area contributed by atoms with Gasteiger partial charge in [0.05, 0.1) is 6.61 Å². The van der Waals surface area contributed by atoms with Gasteiger partial charge in [0, 0.05) is 26.4 Å². The predicted molar refractivity (Wildman–Crippen MR) is 74.9 cm³/mol. The number of hydrogen-bond donors (Lipinski definition) is 2. The van der Waals surface area contributed by atoms with E-state index in [1.165, 1.54) is 23.9 Å². The van der Waals surface area contributed by atoms with Crippen molar-refractivity contribution in [1.29, 1.82) is 0 Å². The number of ether oxygens (including phenoxy) is 1. The zero-order valence-electron chi connectivity index (χ0n) is 11.9. The van der Waals surface area contributed by atoms with Crippen LogP contribution in [0.3, 0.4) is 0 Å². The molecule has 0 aliphatic rings. The van der Waals surface area contributed by atoms with Crippen LogP contribution in [-0.4, -0.2) is 39.2 Å². The molecule has 114 valence electrons. The number of rotatable bonds is 7. The first-order valence-electron chi connectivity index (χ1n) is 6.25. The highest BCUT2D eigenvalue weighted by molar-refractivity contribution is 7.89. The maximum absolute atomic E-state index is 12.1. The van der Waals surface area contributed by atoms with Crippen LogP contribution in [0.15, 0.2) is 17.2 Å². The molecule has 3 N–H and O–H groups in total. The Labute approximate surface area is 119 Å². The van der Waals surface area contributed by atoms with Crippen molar-refractivity contribution < 1.29 is 17.9 Å². The zero-order valence-corrected chi connectivity index (χ0v) is 12.7. The summed E-state index contributed by atoms with van der Waals surface area (Å²) in [7, 11) is -2.31. The zero-order chi connectivity index (χ0) is 15.3. The molecule has 1 heterocycles. The van der Waals surface area contributed by atoms with Gasteiger partial charge in [-0.3, -0.25) is 4.79 Å². The molecular weight excluding hydrogens is 282 g/mol. The lowest BCUT2D eigenvalue weighted by Gasteiger charge is -2.10. The molecule has 1 aromatic heterocycles. The molecule has 0 aliphatic carbocycles. The number of hydrogen-bond acceptors (Lipinski definition) is 4. The molecule has 1 amide bonds. The van der Waals surface area contributed by atoms with Crippen molar-refractivity contribution in [1.82, 2.24) is 9.88 Å². The Hall–Kier alpha value is -1.38. The summed E-state index contributed by atoms with van der Waals surface area (Å²) in [5, 5.41) is 7.83. The molecule has 0 radical (unpaired) electrons. The van der Waals surface area contributed by atoms with Gasteiger partial charge in [0.2, 0.25) is 10.0 Å². The van der Waals surface area contributed by atoms with Gasteiger partial charge in [0.25, 0.3) is 5.91 Å². The topological polar surface area (TPSA) is 103 Å². The Morgan fingerprint density at radius 2 is 2.15 bits per heavy atom. The van der Waals surface area contributed by atoms with E-state index in [4.69, 9.17) is 9.88 Å². The van der Waals surface area contributed by atoms with Crippen molar-refractivity contribution in [2.75, 3.05) is 20.3 Å². The molecule has 0 aliphatic heterocycles. The number of amides is 1. The summed E-state index contributed by atoms with van der Waals surface area (Å²) in [5.41, 5.74) is 0.256. The van der Waals surface area contributed by atoms with E-state index in [0.29, 0.717) is 25.6 Å². The van der Waals surface area contributed by atoms with Crippen molar-refractivity contribution in [2.24, 2.45) is 11.1 Å². The number of primary sulfonamides is 1. The number of nitrogens with one attached hydrogen (secondary N) is 1. The molecule has 1 aromatic rings. The second-order valence-corrected chi connectivity index (χ2v) is 6.46. The van der Waals surface area contributed by atoms with E-state index in [0.717, 1.165) is 0 Å². The summed E-state index contributed by atoms with van der Waals surface area (Å²) in [5.74, 6) is -0.0243. The van der Waals surface area contributed by atoms with Gasteiger partial charge in [-0.25, -0.2) is 13.6 Å². The van der Waals surface area contributed by atoms with E-state index in [2.05, 4.69) is 5.32 Å². The number of nitrogens with zero attached hydrogens (tertiary/aromatic N) is 1. The van der Waals surface area contributed by atoms with Gasteiger partial charge in [0.1, 0.15) is 10.6 Å². The van der Waals surface area contributed by atoms with E-state index in [-0.39, 0.29) is 16.5 Å². The lowest BCUT2D eigenvalue weighted by Crippen LogP contribution is -2.29. The van der Waals surface area contributed by atoms with Gasteiger partial charge in [-0.2, -0.15) is 0 Å². The predicted octanol–water partition coefficient (Wildman–Crippen LogP) is 0.168. The van der Waals surface area contributed by atoms with Crippen molar-refractivity contribution in [3.8, 4) is 0 Å². The molecule has 20 heavy (non-hydrogen) atoms. The van der Waals surface area contributed by atoms with Crippen molar-refractivity contribution >= 4 is 15.9 Å². The van der Waals surface area contributed by atoms with Crippen LogP contribution in [0, 0.1) is 5.92 Å². The summed E-state index contributed by atoms with van der Waals surface area (Å²) in [4.78, 5) is 12.0. The number of methoxy groups -OCH3 is 1. The summed E-state index contributed by atoms with van der Waals surface area (Å²) >= 11 is 0. The second kappa shape index (κ2) is 6.87. The van der Waals surface area contributed by atoms with Crippen LogP contribution in [0.2, 0.25) is 0 Å². The fourth-order valence-electron chi connectivity index (χ4n) is 1.59. The first kappa shape index (κ1) is 16.7. The highest BCUT2D eigenvalue weighted by Crippen LogP contribution is 2.13. The third-order valence-corrected chi connectivity index (χ3v) is 3.52. The first-order valence-corrected chi connectivity index (χ1v) is 7.80. The van der Waals surface area contributed by atoms with E-state index < -0.39 is 10.0 Å². The van der Waals surface area contributed by atoms with Crippen molar-refractivity contribution in [2.45, 2.75) is 25.3 Å².